The van der Waals surface area contributed by atoms with E-state index in [1.807, 2.05) is 0 Å². The van der Waals surface area contributed by atoms with Gasteiger partial charge in [-0.25, -0.2) is 25.2 Å². The van der Waals surface area contributed by atoms with Crippen LogP contribution in [-0.4, -0.2) is 28.4 Å². The van der Waals surface area contributed by atoms with Gasteiger partial charge in [-0.1, -0.05) is 0 Å². The summed E-state index contributed by atoms with van der Waals surface area (Å²) in [5.41, 5.74) is 3.22. The molecule has 0 bridgehead atoms. The number of rotatable bonds is 7. The van der Waals surface area contributed by atoms with Crippen molar-refractivity contribution in [3.05, 3.63) is 25.1 Å². The Morgan fingerprint density at radius 1 is 1.15 bits per heavy atom. The van der Waals surface area contributed by atoms with E-state index in [4.69, 9.17) is 0 Å². The molecular formula is C2H6N6O5. The zero-order valence-corrected chi connectivity index (χ0v) is 6.24. The largest absolute Gasteiger partial charge is 0.235 e. The lowest BCUT2D eigenvalue weighted by molar-refractivity contribution is -0.556. The number of hydrazine groups is 2. The Kier molecular flexibility index (Phi) is 4.53. The molecule has 0 saturated carbocycles. The quantitative estimate of drug-likeness (QED) is 0.214. The summed E-state index contributed by atoms with van der Waals surface area (Å²) in [6.07, 6.45) is 0. The predicted octanol–water partition coefficient (Wildman–Crippen LogP) is -1.55. The molecule has 0 aliphatic heterocycles. The summed E-state index contributed by atoms with van der Waals surface area (Å²) in [6, 6.07) is 0. The molecule has 13 heavy (non-hydrogen) atoms. The standard InChI is InChI=1S/C2H6N6O5/c9-5-6(1-3-7(10)11)2-4-8(12)13/h3-4H,1-2H2. The van der Waals surface area contributed by atoms with Crippen LogP contribution in [0.3, 0.4) is 0 Å². The van der Waals surface area contributed by atoms with E-state index in [0.29, 0.717) is 5.01 Å². The lowest BCUT2D eigenvalue weighted by Crippen LogP contribution is -2.40. The minimum Gasteiger partial charge on any atom is -0.235 e. The molecule has 0 heterocycles. The van der Waals surface area contributed by atoms with E-state index in [9.17, 15) is 25.1 Å². The highest BCUT2D eigenvalue weighted by Gasteiger charge is 2.07. The highest BCUT2D eigenvalue weighted by molar-refractivity contribution is 4.39. The van der Waals surface area contributed by atoms with Crippen LogP contribution < -0.4 is 10.9 Å². The van der Waals surface area contributed by atoms with Crippen LogP contribution in [0.25, 0.3) is 0 Å². The number of nitro groups is 2. The maximum Gasteiger partial charge on any atom is 0.168 e. The molecule has 11 heteroatoms. The molecule has 11 nitrogen and oxygen atoms in total. The van der Waals surface area contributed by atoms with Crippen molar-refractivity contribution < 1.29 is 10.1 Å². The van der Waals surface area contributed by atoms with Gasteiger partial charge in [0.15, 0.2) is 23.4 Å². The second-order valence-corrected chi connectivity index (χ2v) is 1.73. The van der Waals surface area contributed by atoms with Crippen LogP contribution in [0.4, 0.5) is 0 Å². The van der Waals surface area contributed by atoms with Crippen molar-refractivity contribution in [1.29, 1.82) is 0 Å². The minimum absolute atomic E-state index is 0.517. The summed E-state index contributed by atoms with van der Waals surface area (Å²) in [6.45, 7) is -1.03. The van der Waals surface area contributed by atoms with E-state index in [-0.39, 0.29) is 0 Å². The Hall–Kier alpha value is -2.20. The maximum atomic E-state index is 9.88. The summed E-state index contributed by atoms with van der Waals surface area (Å²) in [5, 5.41) is 20.5. The maximum absolute atomic E-state index is 9.88. The van der Waals surface area contributed by atoms with Crippen LogP contribution in [-0.2, 0) is 0 Å². The number of hydrogen-bond donors (Lipinski definition) is 2. The molecule has 2 N–H and O–H groups in total. The fraction of sp³-hybridized carbons (Fsp3) is 1.00. The first-order chi connectivity index (χ1) is 6.06. The zero-order valence-electron chi connectivity index (χ0n) is 6.24. The van der Waals surface area contributed by atoms with Gasteiger partial charge in [-0.05, 0) is 0 Å². The van der Waals surface area contributed by atoms with Gasteiger partial charge in [-0.2, -0.15) is 0 Å². The Morgan fingerprint density at radius 3 is 1.77 bits per heavy atom. The third-order valence-corrected chi connectivity index (χ3v) is 0.880. The summed E-state index contributed by atoms with van der Waals surface area (Å²) < 4.78 is 0. The molecule has 0 unspecified atom stereocenters. The molecule has 0 aromatic rings. The highest BCUT2D eigenvalue weighted by atomic mass is 16.7. The molecule has 0 atom stereocenters. The zero-order chi connectivity index (χ0) is 10.3. The van der Waals surface area contributed by atoms with Gasteiger partial charge in [0.1, 0.15) is 0 Å². The topological polar surface area (TPSA) is 143 Å². The smallest absolute Gasteiger partial charge is 0.168 e. The van der Waals surface area contributed by atoms with E-state index >= 15 is 0 Å². The lowest BCUT2D eigenvalue weighted by atomic mass is 10.9. The Balaban J connectivity index is 3.69. The predicted molar refractivity (Wildman–Crippen MR) is 37.6 cm³/mol. The van der Waals surface area contributed by atoms with Crippen molar-refractivity contribution in [3.63, 3.8) is 0 Å². The van der Waals surface area contributed by atoms with E-state index in [1.165, 1.54) is 0 Å². The molecular weight excluding hydrogens is 188 g/mol. The van der Waals surface area contributed by atoms with E-state index in [1.54, 1.807) is 10.9 Å². The van der Waals surface area contributed by atoms with Crippen LogP contribution in [0.1, 0.15) is 0 Å². The molecule has 0 aromatic heterocycles. The number of nitrogens with one attached hydrogen (secondary N) is 2. The molecule has 0 aliphatic rings. The van der Waals surface area contributed by atoms with E-state index in [0.717, 1.165) is 0 Å². The lowest BCUT2D eigenvalue weighted by Gasteiger charge is -2.09. The van der Waals surface area contributed by atoms with Gasteiger partial charge in [0, 0.05) is 0 Å². The van der Waals surface area contributed by atoms with Crippen molar-refractivity contribution in [2.45, 2.75) is 0 Å². The highest BCUT2D eigenvalue weighted by Crippen LogP contribution is 1.82. The first-order valence-electron chi connectivity index (χ1n) is 2.90. The van der Waals surface area contributed by atoms with Gasteiger partial charge in [0.25, 0.3) is 0 Å². The van der Waals surface area contributed by atoms with Gasteiger partial charge in [0.05, 0.1) is 5.29 Å². The van der Waals surface area contributed by atoms with E-state index < -0.39 is 23.4 Å². The Morgan fingerprint density at radius 2 is 1.54 bits per heavy atom. The summed E-state index contributed by atoms with van der Waals surface area (Å²) in [5.74, 6) is 0. The first kappa shape index (κ1) is 10.8. The Bertz CT molecular complexity index is 187. The van der Waals surface area contributed by atoms with Gasteiger partial charge in [0.2, 0.25) is 0 Å². The average molecular weight is 194 g/mol. The molecule has 0 aliphatic carbocycles. The third-order valence-electron chi connectivity index (χ3n) is 0.880. The molecule has 0 spiro atoms. The molecule has 0 saturated heterocycles. The van der Waals surface area contributed by atoms with E-state index in [2.05, 4.69) is 5.29 Å². The molecule has 0 fully saturated rings. The van der Waals surface area contributed by atoms with Gasteiger partial charge < -0.3 is 0 Å². The number of nitroso groups, excluding NO2 is 1. The fourth-order valence-corrected chi connectivity index (χ4v) is 0.392. The second kappa shape index (κ2) is 5.45. The summed E-state index contributed by atoms with van der Waals surface area (Å²) >= 11 is 0. The van der Waals surface area contributed by atoms with Crippen LogP contribution in [0.2, 0.25) is 0 Å². The third kappa shape index (κ3) is 6.21. The van der Waals surface area contributed by atoms with Gasteiger partial charge in [-0.15, -0.1) is 15.8 Å². The van der Waals surface area contributed by atoms with Crippen molar-refractivity contribution in [1.82, 2.24) is 15.9 Å². The summed E-state index contributed by atoms with van der Waals surface area (Å²) in [4.78, 5) is 29.3. The first-order valence-corrected chi connectivity index (χ1v) is 2.90. The molecule has 0 amide bonds. The SMILES string of the molecule is O=NN(CN[N+](=O)[O-])CN[N+](=O)[O-]. The van der Waals surface area contributed by atoms with Crippen molar-refractivity contribution in [3.8, 4) is 0 Å². The van der Waals surface area contributed by atoms with Gasteiger partial charge in [-0.3, -0.25) is 0 Å². The molecule has 74 valence electrons. The Labute approximate surface area is 70.9 Å². The van der Waals surface area contributed by atoms with Gasteiger partial charge >= 0.3 is 0 Å². The van der Waals surface area contributed by atoms with Crippen LogP contribution in [0.15, 0.2) is 5.29 Å². The van der Waals surface area contributed by atoms with Crippen molar-refractivity contribution in [2.24, 2.45) is 5.29 Å². The average Bonchev–Trinajstić information content (AvgIpc) is 2.04. The second-order valence-electron chi connectivity index (χ2n) is 1.73. The summed E-state index contributed by atoms with van der Waals surface area (Å²) in [7, 11) is 0. The van der Waals surface area contributed by atoms with Crippen molar-refractivity contribution in [2.75, 3.05) is 13.3 Å². The minimum atomic E-state index is -0.898. The monoisotopic (exact) mass is 194 g/mol. The fourth-order valence-electron chi connectivity index (χ4n) is 0.392. The van der Waals surface area contributed by atoms with Crippen LogP contribution in [0.5, 0.6) is 0 Å². The van der Waals surface area contributed by atoms with Crippen molar-refractivity contribution >= 4 is 0 Å². The van der Waals surface area contributed by atoms with Crippen LogP contribution >= 0.6 is 0 Å². The molecule has 0 aromatic carbocycles. The number of hydrogen-bond acceptors (Lipinski definition) is 6. The normalized spacial score (nSPS) is 8.62. The van der Waals surface area contributed by atoms with Crippen LogP contribution in [0, 0.1) is 25.1 Å². The number of nitrogens with zero attached hydrogens (tertiary/aromatic N) is 4. The molecule has 0 rings (SSSR count). The molecule has 0 radical (unpaired) electrons.